The van der Waals surface area contributed by atoms with E-state index in [1.54, 1.807) is 0 Å². The molecule has 0 aliphatic heterocycles. The molecular formula is C22H42O7Si2. The maximum atomic E-state index is 12.7. The summed E-state index contributed by atoms with van der Waals surface area (Å²) >= 11 is 0. The van der Waals surface area contributed by atoms with Crippen LogP contribution in [0, 0.1) is 0 Å². The maximum Gasteiger partial charge on any atom is 0.336 e. The van der Waals surface area contributed by atoms with E-state index in [0.717, 1.165) is 0 Å². The van der Waals surface area contributed by atoms with Gasteiger partial charge in [0, 0.05) is 6.92 Å². The van der Waals surface area contributed by atoms with E-state index in [9.17, 15) is 14.7 Å². The number of methoxy groups -OCH3 is 1. The average Bonchev–Trinajstić information content (AvgIpc) is 2.57. The monoisotopic (exact) mass is 474 g/mol. The number of hydrogen-bond acceptors (Lipinski definition) is 7. The molecule has 0 unspecified atom stereocenters. The summed E-state index contributed by atoms with van der Waals surface area (Å²) in [7, 11) is -3.46. The zero-order chi connectivity index (χ0) is 24.6. The molecule has 0 aromatic rings. The maximum absolute atomic E-state index is 12.7. The van der Waals surface area contributed by atoms with Crippen molar-refractivity contribution in [3.63, 3.8) is 0 Å². The van der Waals surface area contributed by atoms with E-state index in [-0.39, 0.29) is 15.6 Å². The van der Waals surface area contributed by atoms with Gasteiger partial charge in [-0.1, -0.05) is 41.5 Å². The van der Waals surface area contributed by atoms with Gasteiger partial charge in [0.15, 0.2) is 16.6 Å². The van der Waals surface area contributed by atoms with E-state index in [0.29, 0.717) is 0 Å². The van der Waals surface area contributed by atoms with Crippen molar-refractivity contribution in [2.75, 3.05) is 7.11 Å². The minimum atomic E-state index is -2.39. The van der Waals surface area contributed by atoms with Crippen LogP contribution in [0.3, 0.4) is 0 Å². The molecule has 1 N–H and O–H groups in total. The quantitative estimate of drug-likeness (QED) is 0.456. The Morgan fingerprint density at radius 3 is 1.77 bits per heavy atom. The second kappa shape index (κ2) is 9.47. The third kappa shape index (κ3) is 6.50. The SMILES string of the molecule is COC(=O)C1=C[C@@H](OC(C)=O)[C@H](O)[C@H](O[Si](C)(C)C(C)(C)C)[C@@H]1O[Si](C)(C)C(C)(C)C. The summed E-state index contributed by atoms with van der Waals surface area (Å²) in [5, 5.41) is 10.9. The Morgan fingerprint density at radius 1 is 0.935 bits per heavy atom. The van der Waals surface area contributed by atoms with Gasteiger partial charge in [-0.05, 0) is 42.3 Å². The van der Waals surface area contributed by atoms with Crippen molar-refractivity contribution in [3.05, 3.63) is 11.6 Å². The first-order valence-electron chi connectivity index (χ1n) is 10.8. The molecule has 1 rings (SSSR count). The molecule has 0 saturated heterocycles. The third-order valence-electron chi connectivity index (χ3n) is 6.81. The molecule has 0 spiro atoms. The fraction of sp³-hybridized carbons (Fsp3) is 0.818. The van der Waals surface area contributed by atoms with Gasteiger partial charge in [-0.3, -0.25) is 4.79 Å². The molecule has 0 radical (unpaired) electrons. The Morgan fingerprint density at radius 2 is 1.39 bits per heavy atom. The number of hydrogen-bond donors (Lipinski definition) is 1. The predicted molar refractivity (Wildman–Crippen MR) is 126 cm³/mol. The number of aliphatic hydroxyl groups excluding tert-OH is 1. The molecule has 1 aliphatic carbocycles. The Hall–Kier alpha value is -1.01. The van der Waals surface area contributed by atoms with Crippen LogP contribution in [0.4, 0.5) is 0 Å². The van der Waals surface area contributed by atoms with Crippen LogP contribution in [0.5, 0.6) is 0 Å². The largest absolute Gasteiger partial charge is 0.466 e. The van der Waals surface area contributed by atoms with Crippen LogP contribution in [0.25, 0.3) is 0 Å². The van der Waals surface area contributed by atoms with E-state index in [2.05, 4.69) is 67.7 Å². The summed E-state index contributed by atoms with van der Waals surface area (Å²) in [5.74, 6) is -1.14. The van der Waals surface area contributed by atoms with Crippen molar-refractivity contribution in [3.8, 4) is 0 Å². The Bertz CT molecular complexity index is 702. The molecule has 9 heteroatoms. The number of carbonyl (C=O) groups is 2. The third-order valence-corrected chi connectivity index (χ3v) is 15.7. The van der Waals surface area contributed by atoms with Crippen molar-refractivity contribution >= 4 is 28.6 Å². The lowest BCUT2D eigenvalue weighted by molar-refractivity contribution is -0.158. The summed E-state index contributed by atoms with van der Waals surface area (Å²) in [4.78, 5) is 24.4. The topological polar surface area (TPSA) is 91.3 Å². The number of aliphatic hydroxyl groups is 1. The summed E-state index contributed by atoms with van der Waals surface area (Å²) in [6, 6.07) is 0. The van der Waals surface area contributed by atoms with Crippen molar-refractivity contribution in [1.82, 2.24) is 0 Å². The molecule has 0 saturated carbocycles. The Labute approximate surface area is 189 Å². The second-order valence-electron chi connectivity index (χ2n) is 11.3. The van der Waals surface area contributed by atoms with Gasteiger partial charge in [0.1, 0.15) is 24.4 Å². The number of carbonyl (C=O) groups excluding carboxylic acids is 2. The lowest BCUT2D eigenvalue weighted by Crippen LogP contribution is -2.60. The van der Waals surface area contributed by atoms with Gasteiger partial charge in [0.2, 0.25) is 0 Å². The van der Waals surface area contributed by atoms with Crippen molar-refractivity contribution in [2.45, 2.75) is 109 Å². The smallest absolute Gasteiger partial charge is 0.336 e. The van der Waals surface area contributed by atoms with Gasteiger partial charge in [0.25, 0.3) is 0 Å². The van der Waals surface area contributed by atoms with Gasteiger partial charge in [0.05, 0.1) is 12.7 Å². The molecule has 0 bridgehead atoms. The fourth-order valence-electron chi connectivity index (χ4n) is 2.78. The van der Waals surface area contributed by atoms with Gasteiger partial charge in [-0.15, -0.1) is 0 Å². The zero-order valence-corrected chi connectivity index (χ0v) is 23.3. The molecule has 0 heterocycles. The van der Waals surface area contributed by atoms with Crippen LogP contribution in [-0.2, 0) is 27.9 Å². The number of rotatable bonds is 6. The molecule has 7 nitrogen and oxygen atoms in total. The van der Waals surface area contributed by atoms with Gasteiger partial charge in [-0.25, -0.2) is 4.79 Å². The van der Waals surface area contributed by atoms with E-state index >= 15 is 0 Å². The first-order chi connectivity index (χ1) is 13.7. The van der Waals surface area contributed by atoms with Crippen molar-refractivity contribution in [2.24, 2.45) is 0 Å². The minimum Gasteiger partial charge on any atom is -0.466 e. The molecule has 4 atom stereocenters. The summed E-state index contributed by atoms with van der Waals surface area (Å²) in [6.07, 6.45) is -2.47. The molecule has 1 aliphatic rings. The van der Waals surface area contributed by atoms with Crippen LogP contribution in [-0.4, -0.2) is 65.2 Å². The van der Waals surface area contributed by atoms with Gasteiger partial charge in [-0.2, -0.15) is 0 Å². The predicted octanol–water partition coefficient (Wildman–Crippen LogP) is 4.17. The molecular weight excluding hydrogens is 432 g/mol. The van der Waals surface area contributed by atoms with Crippen LogP contribution in [0.2, 0.25) is 36.3 Å². The molecule has 0 amide bonds. The molecule has 31 heavy (non-hydrogen) atoms. The standard InChI is InChI=1S/C22H42O7Si2/c1-14(23)27-16-13-15(20(25)26-8)18(28-30(9,10)21(2,3)4)19(17(16)24)29-31(11,12)22(5,6)7/h13,16-19,24H,1-12H3/t16-,17+,18-,19+/m1/s1. The summed E-state index contributed by atoms with van der Waals surface area (Å²) in [5.41, 5.74) is 0.215. The zero-order valence-electron chi connectivity index (χ0n) is 21.3. The minimum absolute atomic E-state index is 0.132. The summed E-state index contributed by atoms with van der Waals surface area (Å²) in [6.45, 7) is 22.2. The molecule has 0 fully saturated rings. The Kier molecular flexibility index (Phi) is 8.56. The number of ether oxygens (including phenoxy) is 2. The highest BCUT2D eigenvalue weighted by atomic mass is 28.4. The van der Waals surface area contributed by atoms with E-state index in [4.69, 9.17) is 18.3 Å². The fourth-order valence-corrected chi connectivity index (χ4v) is 5.33. The van der Waals surface area contributed by atoms with Crippen LogP contribution in [0.1, 0.15) is 48.5 Å². The van der Waals surface area contributed by atoms with Gasteiger partial charge < -0.3 is 23.4 Å². The van der Waals surface area contributed by atoms with Gasteiger partial charge >= 0.3 is 11.9 Å². The summed E-state index contributed by atoms with van der Waals surface area (Å²) < 4.78 is 23.6. The highest BCUT2D eigenvalue weighted by Crippen LogP contribution is 2.43. The van der Waals surface area contributed by atoms with Crippen molar-refractivity contribution in [1.29, 1.82) is 0 Å². The van der Waals surface area contributed by atoms with E-state index in [1.807, 2.05) is 0 Å². The van der Waals surface area contributed by atoms with Crippen LogP contribution < -0.4 is 0 Å². The number of esters is 2. The lowest BCUT2D eigenvalue weighted by Gasteiger charge is -2.48. The van der Waals surface area contributed by atoms with Crippen molar-refractivity contribution < 1.29 is 33.0 Å². The highest BCUT2D eigenvalue weighted by molar-refractivity contribution is 6.74. The van der Waals surface area contributed by atoms with E-state index < -0.39 is 53.0 Å². The Balaban J connectivity index is 3.61. The van der Waals surface area contributed by atoms with Crippen LogP contribution >= 0.6 is 0 Å². The first kappa shape index (κ1) is 28.0. The molecule has 0 aromatic carbocycles. The van der Waals surface area contributed by atoms with E-state index in [1.165, 1.54) is 20.1 Å². The second-order valence-corrected chi connectivity index (χ2v) is 20.8. The lowest BCUT2D eigenvalue weighted by atomic mass is 9.89. The average molecular weight is 475 g/mol. The highest BCUT2D eigenvalue weighted by Gasteiger charge is 2.52. The van der Waals surface area contributed by atoms with Crippen LogP contribution in [0.15, 0.2) is 11.6 Å². The first-order valence-corrected chi connectivity index (χ1v) is 16.6. The molecule has 180 valence electrons. The molecule has 0 aromatic heterocycles. The normalized spacial score (nSPS) is 25.6.